The second-order valence-electron chi connectivity index (χ2n) is 5.61. The molecule has 0 N–H and O–H groups in total. The van der Waals surface area contributed by atoms with Crippen LogP contribution in [0.1, 0.15) is 24.2 Å². The van der Waals surface area contributed by atoms with Gasteiger partial charge in [0.15, 0.2) is 0 Å². The molecule has 1 saturated heterocycles. The highest BCUT2D eigenvalue weighted by Crippen LogP contribution is 2.20. The molecule has 0 spiro atoms. The van der Waals surface area contributed by atoms with Crippen molar-refractivity contribution in [3.05, 3.63) is 34.1 Å². The Hall–Kier alpha value is -0.940. The molecule has 0 aliphatic carbocycles. The van der Waals surface area contributed by atoms with Crippen molar-refractivity contribution in [1.82, 2.24) is 9.80 Å². The third kappa shape index (κ3) is 3.79. The topological polar surface area (TPSA) is 23.6 Å². The van der Waals surface area contributed by atoms with E-state index in [0.29, 0.717) is 16.0 Å². The van der Waals surface area contributed by atoms with E-state index >= 15 is 0 Å². The molecular formula is C15H20BrFN2O. The molecule has 0 unspecified atom stereocenters. The molecule has 20 heavy (non-hydrogen) atoms. The van der Waals surface area contributed by atoms with Gasteiger partial charge >= 0.3 is 0 Å². The zero-order valence-electron chi connectivity index (χ0n) is 11.9. The van der Waals surface area contributed by atoms with Gasteiger partial charge in [-0.05, 0) is 40.0 Å². The maximum atomic E-state index is 13.1. The molecule has 1 amide bonds. The van der Waals surface area contributed by atoms with Crippen LogP contribution in [-0.2, 0) is 0 Å². The normalized spacial score (nSPS) is 16.8. The van der Waals surface area contributed by atoms with Crippen molar-refractivity contribution in [2.75, 3.05) is 32.7 Å². The molecule has 1 heterocycles. The summed E-state index contributed by atoms with van der Waals surface area (Å²) in [4.78, 5) is 16.6. The zero-order chi connectivity index (χ0) is 14.7. The molecular weight excluding hydrogens is 323 g/mol. The van der Waals surface area contributed by atoms with Gasteiger partial charge in [0.25, 0.3) is 5.91 Å². The summed E-state index contributed by atoms with van der Waals surface area (Å²) in [6.45, 7) is 8.75. The van der Waals surface area contributed by atoms with Crippen molar-refractivity contribution < 1.29 is 9.18 Å². The maximum absolute atomic E-state index is 13.1. The van der Waals surface area contributed by atoms with Gasteiger partial charge in [0.1, 0.15) is 5.82 Å². The van der Waals surface area contributed by atoms with Gasteiger partial charge in [-0.2, -0.15) is 0 Å². The first-order valence-corrected chi connectivity index (χ1v) is 7.73. The Morgan fingerprint density at radius 2 is 1.95 bits per heavy atom. The summed E-state index contributed by atoms with van der Waals surface area (Å²) >= 11 is 3.26. The quantitative estimate of drug-likeness (QED) is 0.842. The predicted molar refractivity (Wildman–Crippen MR) is 81.3 cm³/mol. The summed E-state index contributed by atoms with van der Waals surface area (Å²) in [5.41, 5.74) is 0.531. The predicted octanol–water partition coefficient (Wildman–Crippen LogP) is 3.00. The molecule has 0 atom stereocenters. The van der Waals surface area contributed by atoms with Crippen LogP contribution in [0.5, 0.6) is 0 Å². The van der Waals surface area contributed by atoms with E-state index in [9.17, 15) is 9.18 Å². The first-order chi connectivity index (χ1) is 9.47. The lowest BCUT2D eigenvalue weighted by Crippen LogP contribution is -2.49. The molecule has 2 rings (SSSR count). The Morgan fingerprint density at radius 1 is 1.30 bits per heavy atom. The van der Waals surface area contributed by atoms with E-state index in [1.807, 2.05) is 4.90 Å². The lowest BCUT2D eigenvalue weighted by atomic mass is 10.1. The minimum atomic E-state index is -0.338. The number of hydrogen-bond acceptors (Lipinski definition) is 2. The van der Waals surface area contributed by atoms with Gasteiger partial charge in [-0.3, -0.25) is 9.69 Å². The fraction of sp³-hybridized carbons (Fsp3) is 0.533. The number of carbonyl (C=O) groups excluding carboxylic acids is 1. The van der Waals surface area contributed by atoms with Crippen molar-refractivity contribution in [2.45, 2.75) is 13.8 Å². The highest BCUT2D eigenvalue weighted by Gasteiger charge is 2.23. The Bertz CT molecular complexity index is 485. The first kappa shape index (κ1) is 15.4. The van der Waals surface area contributed by atoms with E-state index in [2.05, 4.69) is 34.7 Å². The van der Waals surface area contributed by atoms with Crippen molar-refractivity contribution in [2.24, 2.45) is 5.92 Å². The van der Waals surface area contributed by atoms with Crippen molar-refractivity contribution in [3.63, 3.8) is 0 Å². The van der Waals surface area contributed by atoms with Gasteiger partial charge in [-0.25, -0.2) is 4.39 Å². The Morgan fingerprint density at radius 3 is 2.50 bits per heavy atom. The van der Waals surface area contributed by atoms with Crippen LogP contribution >= 0.6 is 15.9 Å². The molecule has 1 aliphatic heterocycles. The lowest BCUT2D eigenvalue weighted by Gasteiger charge is -2.35. The van der Waals surface area contributed by atoms with Crippen LogP contribution in [-0.4, -0.2) is 48.4 Å². The summed E-state index contributed by atoms with van der Waals surface area (Å²) in [5, 5.41) is 0. The number of piperazine rings is 1. The van der Waals surface area contributed by atoms with E-state index in [0.717, 1.165) is 32.7 Å². The van der Waals surface area contributed by atoms with Crippen LogP contribution in [0.15, 0.2) is 22.7 Å². The van der Waals surface area contributed by atoms with Gasteiger partial charge in [0.05, 0.1) is 5.56 Å². The Kier molecular flexibility index (Phi) is 5.16. The summed E-state index contributed by atoms with van der Waals surface area (Å²) in [7, 11) is 0. The van der Waals surface area contributed by atoms with E-state index in [1.165, 1.54) is 12.1 Å². The molecule has 1 aliphatic rings. The van der Waals surface area contributed by atoms with Crippen LogP contribution in [0.4, 0.5) is 4.39 Å². The van der Waals surface area contributed by atoms with Crippen molar-refractivity contribution in [1.29, 1.82) is 0 Å². The second-order valence-corrected chi connectivity index (χ2v) is 6.47. The summed E-state index contributed by atoms with van der Waals surface area (Å²) in [5.74, 6) is 0.278. The third-order valence-corrected chi connectivity index (χ3v) is 4.10. The van der Waals surface area contributed by atoms with Crippen molar-refractivity contribution in [3.8, 4) is 0 Å². The van der Waals surface area contributed by atoms with Crippen molar-refractivity contribution >= 4 is 21.8 Å². The summed E-state index contributed by atoms with van der Waals surface area (Å²) in [6.07, 6.45) is 0. The fourth-order valence-corrected chi connectivity index (χ4v) is 3.00. The molecule has 0 aromatic heterocycles. The molecule has 1 fully saturated rings. The summed E-state index contributed by atoms with van der Waals surface area (Å²) < 4.78 is 13.6. The van der Waals surface area contributed by atoms with Gasteiger partial charge < -0.3 is 4.90 Å². The Balaban J connectivity index is 1.98. The smallest absolute Gasteiger partial charge is 0.255 e. The standard InChI is InChI=1S/C15H20BrFN2O/c1-11(2)10-18-5-7-19(8-6-18)15(20)13-4-3-12(17)9-14(13)16/h3-4,9,11H,5-8,10H2,1-2H3. The van der Waals surface area contributed by atoms with Crippen LogP contribution in [0.2, 0.25) is 0 Å². The number of hydrogen-bond donors (Lipinski definition) is 0. The highest BCUT2D eigenvalue weighted by molar-refractivity contribution is 9.10. The van der Waals surface area contributed by atoms with Crippen LogP contribution in [0.25, 0.3) is 0 Å². The third-order valence-electron chi connectivity index (χ3n) is 3.44. The number of amides is 1. The lowest BCUT2D eigenvalue weighted by molar-refractivity contribution is 0.0623. The van der Waals surface area contributed by atoms with E-state index in [-0.39, 0.29) is 11.7 Å². The van der Waals surface area contributed by atoms with E-state index in [4.69, 9.17) is 0 Å². The fourth-order valence-electron chi connectivity index (χ4n) is 2.48. The maximum Gasteiger partial charge on any atom is 0.255 e. The number of benzene rings is 1. The van der Waals surface area contributed by atoms with Gasteiger partial charge in [-0.1, -0.05) is 13.8 Å². The summed E-state index contributed by atoms with van der Waals surface area (Å²) in [6, 6.07) is 4.21. The number of nitrogens with zero attached hydrogens (tertiary/aromatic N) is 2. The molecule has 0 radical (unpaired) electrons. The van der Waals surface area contributed by atoms with Gasteiger partial charge in [0, 0.05) is 37.2 Å². The molecule has 0 bridgehead atoms. The molecule has 1 aromatic carbocycles. The average Bonchev–Trinajstić information content (AvgIpc) is 2.38. The molecule has 0 saturated carbocycles. The molecule has 3 nitrogen and oxygen atoms in total. The highest BCUT2D eigenvalue weighted by atomic mass is 79.9. The largest absolute Gasteiger partial charge is 0.336 e. The Labute approximate surface area is 127 Å². The van der Waals surface area contributed by atoms with Gasteiger partial charge in [-0.15, -0.1) is 0 Å². The van der Waals surface area contributed by atoms with Gasteiger partial charge in [0.2, 0.25) is 0 Å². The molecule has 110 valence electrons. The molecule has 5 heteroatoms. The van der Waals surface area contributed by atoms with E-state index in [1.54, 1.807) is 6.07 Å². The van der Waals surface area contributed by atoms with Crippen LogP contribution < -0.4 is 0 Å². The molecule has 1 aromatic rings. The minimum absolute atomic E-state index is 0.0268. The zero-order valence-corrected chi connectivity index (χ0v) is 13.5. The number of rotatable bonds is 3. The van der Waals surface area contributed by atoms with Crippen LogP contribution in [0, 0.1) is 11.7 Å². The SMILES string of the molecule is CC(C)CN1CCN(C(=O)c2ccc(F)cc2Br)CC1. The minimum Gasteiger partial charge on any atom is -0.336 e. The average molecular weight is 343 g/mol. The van der Waals surface area contributed by atoms with Crippen LogP contribution in [0.3, 0.4) is 0 Å². The second kappa shape index (κ2) is 6.68. The van der Waals surface area contributed by atoms with E-state index < -0.39 is 0 Å². The monoisotopic (exact) mass is 342 g/mol. The number of carbonyl (C=O) groups is 1. The number of halogens is 2. The first-order valence-electron chi connectivity index (χ1n) is 6.94.